The molecule has 1 aliphatic rings. The van der Waals surface area contributed by atoms with Crippen LogP contribution in [0, 0.1) is 12.8 Å². The summed E-state index contributed by atoms with van der Waals surface area (Å²) in [6, 6.07) is 1.72. The number of likely N-dealkylation sites (tertiary alicyclic amines) is 1. The number of aryl methyl sites for hydroxylation is 1. The standard InChI is InChI=1S/C14H22N4O2/c1-10-8-12(17-14(15-2)16-10)13(20)18-6-3-4-11(9-19)5-7-18/h8,11,19H,3-7,9H2,1-2H3,(H,15,16,17). The lowest BCUT2D eigenvalue weighted by Gasteiger charge is -2.20. The van der Waals surface area contributed by atoms with Gasteiger partial charge in [-0.3, -0.25) is 4.79 Å². The molecule has 110 valence electrons. The number of rotatable bonds is 3. The lowest BCUT2D eigenvalue weighted by molar-refractivity contribution is 0.0751. The van der Waals surface area contributed by atoms with Crippen molar-refractivity contribution in [2.75, 3.05) is 32.1 Å². The van der Waals surface area contributed by atoms with Gasteiger partial charge < -0.3 is 15.3 Å². The van der Waals surface area contributed by atoms with Crippen molar-refractivity contribution in [2.24, 2.45) is 5.92 Å². The third-order valence-electron chi connectivity index (χ3n) is 3.69. The van der Waals surface area contributed by atoms with E-state index in [2.05, 4.69) is 15.3 Å². The normalized spacial score (nSPS) is 19.6. The Bertz CT molecular complexity index is 478. The summed E-state index contributed by atoms with van der Waals surface area (Å²) >= 11 is 0. The molecule has 2 rings (SSSR count). The van der Waals surface area contributed by atoms with Crippen molar-refractivity contribution in [3.05, 3.63) is 17.5 Å². The van der Waals surface area contributed by atoms with E-state index in [1.54, 1.807) is 13.1 Å². The van der Waals surface area contributed by atoms with E-state index in [0.717, 1.165) is 31.5 Å². The molecule has 6 heteroatoms. The van der Waals surface area contributed by atoms with Crippen molar-refractivity contribution in [3.8, 4) is 0 Å². The highest BCUT2D eigenvalue weighted by Crippen LogP contribution is 2.18. The zero-order valence-corrected chi connectivity index (χ0v) is 12.1. The van der Waals surface area contributed by atoms with Gasteiger partial charge in [0.05, 0.1) is 0 Å². The molecule has 0 saturated carbocycles. The average Bonchev–Trinajstić information content (AvgIpc) is 2.71. The Kier molecular flexibility index (Phi) is 4.89. The summed E-state index contributed by atoms with van der Waals surface area (Å²) in [6.45, 7) is 3.47. The van der Waals surface area contributed by atoms with E-state index in [-0.39, 0.29) is 12.5 Å². The van der Waals surface area contributed by atoms with Gasteiger partial charge in [0.2, 0.25) is 5.95 Å². The molecule has 2 N–H and O–H groups in total. The van der Waals surface area contributed by atoms with Gasteiger partial charge in [-0.25, -0.2) is 9.97 Å². The quantitative estimate of drug-likeness (QED) is 0.864. The second-order valence-corrected chi connectivity index (χ2v) is 5.24. The van der Waals surface area contributed by atoms with E-state index >= 15 is 0 Å². The number of hydrogen-bond donors (Lipinski definition) is 2. The Morgan fingerprint density at radius 2 is 2.25 bits per heavy atom. The van der Waals surface area contributed by atoms with Gasteiger partial charge in [-0.05, 0) is 38.2 Å². The first kappa shape index (κ1) is 14.7. The highest BCUT2D eigenvalue weighted by molar-refractivity contribution is 5.92. The molecule has 20 heavy (non-hydrogen) atoms. The van der Waals surface area contributed by atoms with Gasteiger partial charge in [0.15, 0.2) is 0 Å². The Labute approximate surface area is 119 Å². The van der Waals surface area contributed by atoms with Crippen LogP contribution in [0.3, 0.4) is 0 Å². The minimum Gasteiger partial charge on any atom is -0.396 e. The van der Waals surface area contributed by atoms with Gasteiger partial charge in [0.1, 0.15) is 5.69 Å². The highest BCUT2D eigenvalue weighted by atomic mass is 16.3. The fourth-order valence-corrected chi connectivity index (χ4v) is 2.50. The second-order valence-electron chi connectivity index (χ2n) is 5.24. The summed E-state index contributed by atoms with van der Waals surface area (Å²) in [7, 11) is 1.74. The number of nitrogens with zero attached hydrogens (tertiary/aromatic N) is 3. The van der Waals surface area contributed by atoms with Gasteiger partial charge >= 0.3 is 0 Å². The minimum absolute atomic E-state index is 0.0504. The first-order valence-electron chi connectivity index (χ1n) is 7.07. The van der Waals surface area contributed by atoms with Crippen LogP contribution in [-0.4, -0.2) is 52.6 Å². The molecule has 2 heterocycles. The molecule has 1 fully saturated rings. The number of nitrogens with one attached hydrogen (secondary N) is 1. The molecule has 0 spiro atoms. The van der Waals surface area contributed by atoms with Crippen molar-refractivity contribution in [2.45, 2.75) is 26.2 Å². The molecule has 1 aromatic rings. The molecule has 0 radical (unpaired) electrons. The van der Waals surface area contributed by atoms with Crippen LogP contribution in [0.2, 0.25) is 0 Å². The van der Waals surface area contributed by atoms with Crippen LogP contribution in [0.5, 0.6) is 0 Å². The number of aromatic nitrogens is 2. The zero-order valence-electron chi connectivity index (χ0n) is 12.1. The van der Waals surface area contributed by atoms with Gasteiger partial charge in [-0.1, -0.05) is 0 Å². The highest BCUT2D eigenvalue weighted by Gasteiger charge is 2.22. The summed E-state index contributed by atoms with van der Waals surface area (Å²) in [5.74, 6) is 0.731. The van der Waals surface area contributed by atoms with Crippen molar-refractivity contribution >= 4 is 11.9 Å². The number of aliphatic hydroxyl groups excluding tert-OH is 1. The van der Waals surface area contributed by atoms with Crippen molar-refractivity contribution < 1.29 is 9.90 Å². The fourth-order valence-electron chi connectivity index (χ4n) is 2.50. The number of carbonyl (C=O) groups is 1. The molecular formula is C14H22N4O2. The third-order valence-corrected chi connectivity index (χ3v) is 3.69. The van der Waals surface area contributed by atoms with Crippen LogP contribution in [0.4, 0.5) is 5.95 Å². The molecule has 0 bridgehead atoms. The average molecular weight is 278 g/mol. The second kappa shape index (κ2) is 6.65. The van der Waals surface area contributed by atoms with Crippen LogP contribution in [0.15, 0.2) is 6.07 Å². The van der Waals surface area contributed by atoms with Crippen molar-refractivity contribution in [1.29, 1.82) is 0 Å². The third kappa shape index (κ3) is 3.45. The van der Waals surface area contributed by atoms with Crippen LogP contribution >= 0.6 is 0 Å². The minimum atomic E-state index is -0.0504. The van der Waals surface area contributed by atoms with Crippen LogP contribution in [0.25, 0.3) is 0 Å². The predicted octanol–water partition coefficient (Wildman–Crippen LogP) is 1.06. The number of carbonyl (C=O) groups excluding carboxylic acids is 1. The summed E-state index contributed by atoms with van der Waals surface area (Å²) in [6.07, 6.45) is 2.76. The maximum absolute atomic E-state index is 12.5. The van der Waals surface area contributed by atoms with E-state index in [1.807, 2.05) is 11.8 Å². The topological polar surface area (TPSA) is 78.4 Å². The lowest BCUT2D eigenvalue weighted by atomic mass is 10.0. The molecular weight excluding hydrogens is 256 g/mol. The van der Waals surface area contributed by atoms with E-state index in [1.165, 1.54) is 0 Å². The van der Waals surface area contributed by atoms with Crippen LogP contribution < -0.4 is 5.32 Å². The van der Waals surface area contributed by atoms with E-state index in [9.17, 15) is 9.90 Å². The van der Waals surface area contributed by atoms with Crippen LogP contribution in [-0.2, 0) is 0 Å². The molecule has 1 aromatic heterocycles. The summed E-state index contributed by atoms with van der Waals surface area (Å²) < 4.78 is 0. The molecule has 1 saturated heterocycles. The lowest BCUT2D eigenvalue weighted by Crippen LogP contribution is -2.33. The van der Waals surface area contributed by atoms with E-state index in [0.29, 0.717) is 24.1 Å². The Morgan fingerprint density at radius 3 is 2.95 bits per heavy atom. The smallest absolute Gasteiger partial charge is 0.272 e. The molecule has 1 aliphatic heterocycles. The fraction of sp³-hybridized carbons (Fsp3) is 0.643. The van der Waals surface area contributed by atoms with Gasteiger partial charge in [0.25, 0.3) is 5.91 Å². The van der Waals surface area contributed by atoms with Crippen molar-refractivity contribution in [3.63, 3.8) is 0 Å². The molecule has 1 unspecified atom stereocenters. The summed E-state index contributed by atoms with van der Waals surface area (Å²) in [5.41, 5.74) is 1.21. The van der Waals surface area contributed by atoms with Gasteiger partial charge in [0, 0.05) is 32.4 Å². The molecule has 0 aliphatic carbocycles. The number of hydrogen-bond acceptors (Lipinski definition) is 5. The maximum Gasteiger partial charge on any atom is 0.272 e. The Morgan fingerprint density at radius 1 is 1.45 bits per heavy atom. The largest absolute Gasteiger partial charge is 0.396 e. The molecule has 1 amide bonds. The van der Waals surface area contributed by atoms with Gasteiger partial charge in [-0.2, -0.15) is 0 Å². The van der Waals surface area contributed by atoms with E-state index in [4.69, 9.17) is 0 Å². The van der Waals surface area contributed by atoms with E-state index < -0.39 is 0 Å². The molecule has 0 aromatic carbocycles. The first-order valence-corrected chi connectivity index (χ1v) is 7.07. The number of aliphatic hydroxyl groups is 1. The summed E-state index contributed by atoms with van der Waals surface area (Å²) in [4.78, 5) is 22.8. The first-order chi connectivity index (χ1) is 9.63. The summed E-state index contributed by atoms with van der Waals surface area (Å²) in [5, 5.41) is 12.1. The monoisotopic (exact) mass is 278 g/mol. The van der Waals surface area contributed by atoms with Gasteiger partial charge in [-0.15, -0.1) is 0 Å². The number of anilines is 1. The Hall–Kier alpha value is -1.69. The molecule has 6 nitrogen and oxygen atoms in total. The Balaban J connectivity index is 2.12. The zero-order chi connectivity index (χ0) is 14.5. The predicted molar refractivity (Wildman–Crippen MR) is 76.6 cm³/mol. The van der Waals surface area contributed by atoms with Crippen LogP contribution in [0.1, 0.15) is 35.4 Å². The SMILES string of the molecule is CNc1nc(C)cc(C(=O)N2CCCC(CO)CC2)n1. The number of amides is 1. The maximum atomic E-state index is 12.5. The van der Waals surface area contributed by atoms with Crippen molar-refractivity contribution in [1.82, 2.24) is 14.9 Å². The molecule has 1 atom stereocenters.